The van der Waals surface area contributed by atoms with E-state index in [0.717, 1.165) is 18.4 Å². The number of H-pyrrole nitrogens is 1. The van der Waals surface area contributed by atoms with Gasteiger partial charge in [0.2, 0.25) is 5.91 Å². The van der Waals surface area contributed by atoms with Crippen molar-refractivity contribution in [3.05, 3.63) is 50.0 Å². The van der Waals surface area contributed by atoms with Gasteiger partial charge in [0.15, 0.2) is 11.2 Å². The molecule has 0 saturated carbocycles. The van der Waals surface area contributed by atoms with Gasteiger partial charge in [-0.15, -0.1) is 5.10 Å². The number of piperidine rings is 1. The van der Waals surface area contributed by atoms with E-state index in [-0.39, 0.29) is 22.9 Å². The summed E-state index contributed by atoms with van der Waals surface area (Å²) in [5, 5.41) is 9.16. The van der Waals surface area contributed by atoms with Crippen LogP contribution in [0.15, 0.2) is 23.0 Å². The minimum atomic E-state index is -0.313. The summed E-state index contributed by atoms with van der Waals surface area (Å²) >= 11 is 12.3. The number of fused-ring (bicyclic) bond motifs is 1. The second-order valence-corrected chi connectivity index (χ2v) is 9.20. The fraction of sp³-hybridized carbons (Fsp3) is 0.476. The highest BCUT2D eigenvalue weighted by atomic mass is 35.5. The van der Waals surface area contributed by atoms with E-state index < -0.39 is 0 Å². The van der Waals surface area contributed by atoms with Crippen LogP contribution in [0.3, 0.4) is 0 Å². The maximum Gasteiger partial charge on any atom is 0.281 e. The number of hydrogen-bond acceptors (Lipinski definition) is 5. The lowest BCUT2D eigenvalue weighted by atomic mass is 9.95. The summed E-state index contributed by atoms with van der Waals surface area (Å²) in [5.41, 5.74) is 1.10. The lowest BCUT2D eigenvalue weighted by molar-refractivity contribution is -0.133. The predicted molar refractivity (Wildman–Crippen MR) is 120 cm³/mol. The zero-order valence-corrected chi connectivity index (χ0v) is 18.9. The van der Waals surface area contributed by atoms with E-state index in [0.29, 0.717) is 53.5 Å². The molecule has 0 radical (unpaired) electrons. The molecule has 1 N–H and O–H groups in total. The van der Waals surface area contributed by atoms with Gasteiger partial charge in [-0.1, -0.05) is 48.3 Å². The molecule has 1 amide bonds. The molecule has 0 atom stereocenters. The topological polar surface area (TPSA) is 96.8 Å². The number of likely N-dealkylation sites (tertiary alicyclic amines) is 1. The molecule has 0 aliphatic carbocycles. The smallest absolute Gasteiger partial charge is 0.281 e. The normalized spacial score (nSPS) is 15.2. The third-order valence-electron chi connectivity index (χ3n) is 5.54. The lowest BCUT2D eigenvalue weighted by Gasteiger charge is -2.32. The van der Waals surface area contributed by atoms with E-state index in [2.05, 4.69) is 15.3 Å². The first-order valence-corrected chi connectivity index (χ1v) is 11.1. The van der Waals surface area contributed by atoms with Crippen molar-refractivity contribution in [2.75, 3.05) is 13.1 Å². The second-order valence-electron chi connectivity index (χ2n) is 8.36. The molecule has 8 nitrogen and oxygen atoms in total. The van der Waals surface area contributed by atoms with Gasteiger partial charge in [-0.3, -0.25) is 9.59 Å². The molecule has 1 saturated heterocycles. The Balaban J connectivity index is 1.56. The van der Waals surface area contributed by atoms with Crippen LogP contribution < -0.4 is 5.56 Å². The van der Waals surface area contributed by atoms with Crippen molar-refractivity contribution in [2.24, 2.45) is 5.92 Å². The summed E-state index contributed by atoms with van der Waals surface area (Å²) in [7, 11) is 0. The number of nitrogens with zero attached hydrogens (tertiary/aromatic N) is 5. The standard InChI is InChI=1S/C21H24Cl2N6O2/c1-12(2)9-17(30)28-7-5-13(6-8-28)19-24-20-18(21(31)25-19)26-27-29(20)11-14-3-4-15(22)10-16(14)23/h3-4,10,12-13H,5-9,11H2,1-2H3,(H,24,25,31). The number of benzene rings is 1. The largest absolute Gasteiger partial charge is 0.343 e. The Bertz CT molecular complexity index is 1160. The molecule has 1 fully saturated rings. The fourth-order valence-corrected chi connectivity index (χ4v) is 4.34. The molecule has 10 heteroatoms. The van der Waals surface area contributed by atoms with E-state index >= 15 is 0 Å². The summed E-state index contributed by atoms with van der Waals surface area (Å²) in [5.74, 6) is 1.21. The van der Waals surface area contributed by atoms with Crippen molar-refractivity contribution in [1.82, 2.24) is 29.9 Å². The number of aromatic nitrogens is 5. The van der Waals surface area contributed by atoms with Crippen LogP contribution in [0.2, 0.25) is 10.0 Å². The predicted octanol–water partition coefficient (Wildman–Crippen LogP) is 3.62. The number of carbonyl (C=O) groups excluding carboxylic acids is 1. The van der Waals surface area contributed by atoms with Gasteiger partial charge in [0.05, 0.1) is 6.54 Å². The highest BCUT2D eigenvalue weighted by Gasteiger charge is 2.26. The number of aromatic amines is 1. The summed E-state index contributed by atoms with van der Waals surface area (Å²) in [6.45, 7) is 5.74. The first-order valence-electron chi connectivity index (χ1n) is 10.4. The number of nitrogens with one attached hydrogen (secondary N) is 1. The molecule has 1 aliphatic rings. The van der Waals surface area contributed by atoms with Gasteiger partial charge in [-0.25, -0.2) is 9.67 Å². The fourth-order valence-electron chi connectivity index (χ4n) is 3.88. The second kappa shape index (κ2) is 8.96. The molecule has 31 heavy (non-hydrogen) atoms. The van der Waals surface area contributed by atoms with Gasteiger partial charge in [0.1, 0.15) is 5.82 Å². The summed E-state index contributed by atoms with van der Waals surface area (Å²) in [4.78, 5) is 34.4. The van der Waals surface area contributed by atoms with E-state index in [1.807, 2.05) is 24.8 Å². The van der Waals surface area contributed by atoms with Crippen LogP contribution in [0.5, 0.6) is 0 Å². The van der Waals surface area contributed by atoms with E-state index in [1.165, 1.54) is 0 Å². The van der Waals surface area contributed by atoms with Crippen molar-refractivity contribution < 1.29 is 4.79 Å². The van der Waals surface area contributed by atoms with Crippen LogP contribution in [0.4, 0.5) is 0 Å². The van der Waals surface area contributed by atoms with Crippen molar-refractivity contribution in [2.45, 2.75) is 45.6 Å². The molecule has 0 spiro atoms. The summed E-state index contributed by atoms with van der Waals surface area (Å²) in [6, 6.07) is 5.23. The number of halogens is 2. The molecular weight excluding hydrogens is 439 g/mol. The van der Waals surface area contributed by atoms with Gasteiger partial charge >= 0.3 is 0 Å². The van der Waals surface area contributed by atoms with E-state index in [1.54, 1.807) is 16.8 Å². The van der Waals surface area contributed by atoms with Crippen molar-refractivity contribution in [3.63, 3.8) is 0 Å². The van der Waals surface area contributed by atoms with Gasteiger partial charge in [0, 0.05) is 35.5 Å². The lowest BCUT2D eigenvalue weighted by Crippen LogP contribution is -2.38. The van der Waals surface area contributed by atoms with Crippen LogP contribution in [0.1, 0.15) is 50.4 Å². The number of amides is 1. The average Bonchev–Trinajstić information content (AvgIpc) is 3.13. The van der Waals surface area contributed by atoms with Crippen LogP contribution in [-0.2, 0) is 11.3 Å². The maximum atomic E-state index is 12.6. The molecule has 3 heterocycles. The molecule has 4 rings (SSSR count). The molecule has 0 bridgehead atoms. The minimum absolute atomic E-state index is 0.0719. The Hall–Kier alpha value is -2.45. The zero-order chi connectivity index (χ0) is 22.1. The Labute approximate surface area is 189 Å². The van der Waals surface area contributed by atoms with Crippen LogP contribution in [0.25, 0.3) is 11.2 Å². The maximum absolute atomic E-state index is 12.6. The molecular formula is C21H24Cl2N6O2. The zero-order valence-electron chi connectivity index (χ0n) is 17.4. The van der Waals surface area contributed by atoms with Crippen molar-refractivity contribution in [1.29, 1.82) is 0 Å². The number of rotatable bonds is 5. The molecule has 0 unspecified atom stereocenters. The molecule has 1 aromatic carbocycles. The first kappa shape index (κ1) is 21.8. The first-order chi connectivity index (χ1) is 14.8. The van der Waals surface area contributed by atoms with E-state index in [9.17, 15) is 9.59 Å². The number of carbonyl (C=O) groups is 1. The Morgan fingerprint density at radius 3 is 2.68 bits per heavy atom. The monoisotopic (exact) mass is 462 g/mol. The third-order valence-corrected chi connectivity index (χ3v) is 6.13. The third kappa shape index (κ3) is 4.75. The minimum Gasteiger partial charge on any atom is -0.343 e. The van der Waals surface area contributed by atoms with E-state index in [4.69, 9.17) is 28.2 Å². The Morgan fingerprint density at radius 2 is 2.00 bits per heavy atom. The molecule has 3 aromatic rings. The summed E-state index contributed by atoms with van der Waals surface area (Å²) < 4.78 is 1.57. The highest BCUT2D eigenvalue weighted by molar-refractivity contribution is 6.35. The highest BCUT2D eigenvalue weighted by Crippen LogP contribution is 2.27. The summed E-state index contributed by atoms with van der Waals surface area (Å²) in [6.07, 6.45) is 2.07. The quantitative estimate of drug-likeness (QED) is 0.624. The van der Waals surface area contributed by atoms with Crippen molar-refractivity contribution in [3.8, 4) is 0 Å². The Morgan fingerprint density at radius 1 is 1.26 bits per heavy atom. The van der Waals surface area contributed by atoms with Gasteiger partial charge < -0.3 is 9.88 Å². The Kier molecular flexibility index (Phi) is 6.29. The van der Waals surface area contributed by atoms with Crippen LogP contribution >= 0.6 is 23.2 Å². The van der Waals surface area contributed by atoms with Gasteiger partial charge in [0.25, 0.3) is 5.56 Å². The van der Waals surface area contributed by atoms with Crippen LogP contribution in [0, 0.1) is 5.92 Å². The van der Waals surface area contributed by atoms with Gasteiger partial charge in [-0.05, 0) is 36.5 Å². The molecule has 1 aliphatic heterocycles. The molecule has 164 valence electrons. The SMILES string of the molecule is CC(C)CC(=O)N1CCC(c2nc3c(nnn3Cc3ccc(Cl)cc3Cl)c(=O)[nH]2)CC1. The average molecular weight is 463 g/mol. The number of hydrogen-bond donors (Lipinski definition) is 1. The van der Waals surface area contributed by atoms with Gasteiger partial charge in [-0.2, -0.15) is 0 Å². The molecule has 2 aromatic heterocycles. The van der Waals surface area contributed by atoms with Crippen LogP contribution in [-0.4, -0.2) is 48.9 Å². The van der Waals surface area contributed by atoms with Crippen molar-refractivity contribution >= 4 is 40.3 Å².